The predicted molar refractivity (Wildman–Crippen MR) is 105 cm³/mol. The van der Waals surface area contributed by atoms with Crippen LogP contribution in [0, 0.1) is 5.92 Å². The van der Waals surface area contributed by atoms with E-state index in [1.165, 1.54) is 64.5 Å². The SMILES string of the molecule is COC(=O)C1CC(N2CCCC2)CCN1CC1CCCCC1.O=CO.O=CO. The summed E-state index contributed by atoms with van der Waals surface area (Å²) in [5.41, 5.74) is 0. The number of hydrogen-bond acceptors (Lipinski definition) is 6. The molecule has 0 amide bonds. The normalized spacial score (nSPS) is 26.2. The first-order valence-corrected chi connectivity index (χ1v) is 10.3. The van der Waals surface area contributed by atoms with Crippen molar-refractivity contribution in [3.63, 3.8) is 0 Å². The lowest BCUT2D eigenvalue weighted by Gasteiger charge is -2.42. The Morgan fingerprint density at radius 3 is 2.07 bits per heavy atom. The molecule has 2 atom stereocenters. The van der Waals surface area contributed by atoms with E-state index in [0.29, 0.717) is 6.04 Å². The highest BCUT2D eigenvalue weighted by Crippen LogP contribution is 2.30. The topological polar surface area (TPSA) is 107 Å². The van der Waals surface area contributed by atoms with E-state index in [4.69, 9.17) is 24.5 Å². The number of methoxy groups -OCH3 is 1. The lowest BCUT2D eigenvalue weighted by atomic mass is 9.87. The maximum absolute atomic E-state index is 12.3. The molecular weight excluding hydrogens is 364 g/mol. The van der Waals surface area contributed by atoms with E-state index in [-0.39, 0.29) is 25.0 Å². The smallest absolute Gasteiger partial charge is 0.323 e. The van der Waals surface area contributed by atoms with Gasteiger partial charge in [-0.25, -0.2) is 0 Å². The van der Waals surface area contributed by atoms with E-state index in [1.807, 2.05) is 0 Å². The molecule has 8 nitrogen and oxygen atoms in total. The highest BCUT2D eigenvalue weighted by molar-refractivity contribution is 5.75. The number of carbonyl (C=O) groups is 3. The van der Waals surface area contributed by atoms with Gasteiger partial charge in [0.2, 0.25) is 0 Å². The first-order valence-electron chi connectivity index (χ1n) is 10.3. The zero-order valence-corrected chi connectivity index (χ0v) is 17.0. The fourth-order valence-electron chi connectivity index (χ4n) is 4.73. The number of ether oxygens (including phenoxy) is 1. The van der Waals surface area contributed by atoms with Gasteiger partial charge in [0.15, 0.2) is 0 Å². The molecule has 0 aromatic heterocycles. The van der Waals surface area contributed by atoms with Crippen LogP contribution < -0.4 is 0 Å². The third kappa shape index (κ3) is 8.14. The molecule has 2 N–H and O–H groups in total. The number of likely N-dealkylation sites (tertiary alicyclic amines) is 2. The van der Waals surface area contributed by atoms with Crippen LogP contribution in [-0.2, 0) is 19.1 Å². The maximum Gasteiger partial charge on any atom is 0.323 e. The predicted octanol–water partition coefficient (Wildman–Crippen LogP) is 2.07. The molecule has 2 unspecified atom stereocenters. The fraction of sp³-hybridized carbons (Fsp3) is 0.850. The zero-order chi connectivity index (χ0) is 20.8. The molecule has 2 saturated heterocycles. The Balaban J connectivity index is 0.000000582. The summed E-state index contributed by atoms with van der Waals surface area (Å²) in [4.78, 5) is 34.1. The van der Waals surface area contributed by atoms with E-state index in [2.05, 4.69) is 9.80 Å². The number of nitrogens with zero attached hydrogens (tertiary/aromatic N) is 2. The van der Waals surface area contributed by atoms with Crippen LogP contribution in [0.2, 0.25) is 0 Å². The Labute approximate surface area is 167 Å². The molecule has 2 heterocycles. The number of carboxylic acid groups (broad SMARTS) is 2. The van der Waals surface area contributed by atoms with Crippen LogP contribution in [0.25, 0.3) is 0 Å². The number of esters is 1. The quantitative estimate of drug-likeness (QED) is 0.545. The summed E-state index contributed by atoms with van der Waals surface area (Å²) in [7, 11) is 1.54. The minimum Gasteiger partial charge on any atom is -0.483 e. The number of piperidine rings is 1. The van der Waals surface area contributed by atoms with E-state index in [1.54, 1.807) is 7.11 Å². The molecule has 0 spiro atoms. The van der Waals surface area contributed by atoms with E-state index in [0.717, 1.165) is 25.4 Å². The van der Waals surface area contributed by atoms with Gasteiger partial charge >= 0.3 is 5.97 Å². The molecule has 3 rings (SSSR count). The van der Waals surface area contributed by atoms with Crippen molar-refractivity contribution in [2.75, 3.05) is 33.3 Å². The maximum atomic E-state index is 12.3. The first kappa shape index (κ1) is 24.4. The Morgan fingerprint density at radius 1 is 0.964 bits per heavy atom. The molecule has 0 radical (unpaired) electrons. The molecule has 0 aromatic carbocycles. The summed E-state index contributed by atoms with van der Waals surface area (Å²) in [5.74, 6) is 0.781. The highest BCUT2D eigenvalue weighted by atomic mass is 16.5. The zero-order valence-electron chi connectivity index (χ0n) is 17.0. The molecule has 1 saturated carbocycles. The largest absolute Gasteiger partial charge is 0.483 e. The molecule has 162 valence electrons. The monoisotopic (exact) mass is 400 g/mol. The molecular formula is C20H36N2O6. The van der Waals surface area contributed by atoms with Crippen LogP contribution in [-0.4, -0.2) is 84.3 Å². The summed E-state index contributed by atoms with van der Waals surface area (Å²) in [6.45, 7) is 4.12. The van der Waals surface area contributed by atoms with E-state index < -0.39 is 0 Å². The van der Waals surface area contributed by atoms with Gasteiger partial charge in [0, 0.05) is 19.1 Å². The van der Waals surface area contributed by atoms with Crippen molar-refractivity contribution in [2.24, 2.45) is 5.92 Å². The average Bonchev–Trinajstić information content (AvgIpc) is 3.24. The summed E-state index contributed by atoms with van der Waals surface area (Å²) in [5, 5.41) is 13.8. The Morgan fingerprint density at radius 2 is 1.54 bits per heavy atom. The molecule has 3 aliphatic rings. The minimum absolute atomic E-state index is 0.00808. The second kappa shape index (κ2) is 14.3. The third-order valence-electron chi connectivity index (χ3n) is 6.03. The molecule has 8 heteroatoms. The molecule has 28 heavy (non-hydrogen) atoms. The van der Waals surface area contributed by atoms with E-state index in [9.17, 15) is 4.79 Å². The summed E-state index contributed by atoms with van der Waals surface area (Å²) >= 11 is 0. The highest BCUT2D eigenvalue weighted by Gasteiger charge is 2.37. The van der Waals surface area contributed by atoms with Crippen LogP contribution in [0.5, 0.6) is 0 Å². The van der Waals surface area contributed by atoms with Gasteiger partial charge in [-0.05, 0) is 57.5 Å². The van der Waals surface area contributed by atoms with Gasteiger partial charge in [-0.1, -0.05) is 19.3 Å². The van der Waals surface area contributed by atoms with Gasteiger partial charge in [-0.2, -0.15) is 0 Å². The number of carbonyl (C=O) groups excluding carboxylic acids is 1. The van der Waals surface area contributed by atoms with Crippen molar-refractivity contribution in [1.29, 1.82) is 0 Å². The van der Waals surface area contributed by atoms with Gasteiger partial charge in [0.1, 0.15) is 6.04 Å². The Kier molecular flexibility index (Phi) is 12.5. The molecule has 2 aliphatic heterocycles. The van der Waals surface area contributed by atoms with Crippen molar-refractivity contribution in [1.82, 2.24) is 9.80 Å². The number of hydrogen-bond donors (Lipinski definition) is 2. The van der Waals surface area contributed by atoms with Gasteiger partial charge < -0.3 is 19.8 Å². The first-order chi connectivity index (χ1) is 13.6. The Hall–Kier alpha value is -1.67. The van der Waals surface area contributed by atoms with Crippen molar-refractivity contribution >= 4 is 18.9 Å². The van der Waals surface area contributed by atoms with Crippen LogP contribution in [0.3, 0.4) is 0 Å². The van der Waals surface area contributed by atoms with Crippen LogP contribution in [0.15, 0.2) is 0 Å². The van der Waals surface area contributed by atoms with Gasteiger partial charge in [-0.3, -0.25) is 19.3 Å². The summed E-state index contributed by atoms with van der Waals surface area (Å²) < 4.78 is 5.12. The van der Waals surface area contributed by atoms with Crippen molar-refractivity contribution in [3.8, 4) is 0 Å². The lowest BCUT2D eigenvalue weighted by molar-refractivity contribution is -0.149. The minimum atomic E-state index is -0.250. The molecule has 1 aliphatic carbocycles. The third-order valence-corrected chi connectivity index (χ3v) is 6.03. The van der Waals surface area contributed by atoms with Gasteiger partial charge in [0.05, 0.1) is 7.11 Å². The molecule has 0 bridgehead atoms. The van der Waals surface area contributed by atoms with E-state index >= 15 is 0 Å². The summed E-state index contributed by atoms with van der Waals surface area (Å²) in [6, 6.07) is 0.584. The average molecular weight is 401 g/mol. The number of rotatable bonds is 4. The lowest BCUT2D eigenvalue weighted by Crippen LogP contribution is -2.54. The summed E-state index contributed by atoms with van der Waals surface area (Å²) in [6.07, 6.45) is 11.7. The standard InChI is InChI=1S/C18H32N2O2.2CH2O2/c1-22-18(21)17-13-16(19-10-5-6-11-19)9-12-20(17)14-15-7-3-2-4-8-15;2*2-1-3/h15-17H,2-14H2,1H3;2*1H,(H,2,3). The molecule has 3 fully saturated rings. The van der Waals surface area contributed by atoms with Gasteiger partial charge in [0.25, 0.3) is 12.9 Å². The molecule has 0 aromatic rings. The second-order valence-corrected chi connectivity index (χ2v) is 7.67. The van der Waals surface area contributed by atoms with Crippen LogP contribution in [0.1, 0.15) is 57.8 Å². The fourth-order valence-corrected chi connectivity index (χ4v) is 4.73. The van der Waals surface area contributed by atoms with Crippen LogP contribution in [0.4, 0.5) is 0 Å². The van der Waals surface area contributed by atoms with Crippen LogP contribution >= 0.6 is 0 Å². The van der Waals surface area contributed by atoms with Gasteiger partial charge in [-0.15, -0.1) is 0 Å². The second-order valence-electron chi connectivity index (χ2n) is 7.67. The van der Waals surface area contributed by atoms with Crippen molar-refractivity contribution in [2.45, 2.75) is 69.9 Å². The van der Waals surface area contributed by atoms with Crippen molar-refractivity contribution < 1.29 is 29.3 Å². The Bertz CT molecular complexity index is 444. The van der Waals surface area contributed by atoms with Crippen molar-refractivity contribution in [3.05, 3.63) is 0 Å².